The van der Waals surface area contributed by atoms with Crippen LogP contribution in [0.2, 0.25) is 0 Å². The molecule has 2 nitrogen and oxygen atoms in total. The van der Waals surface area contributed by atoms with Gasteiger partial charge in [0.25, 0.3) is 0 Å². The molecule has 0 fully saturated rings. The van der Waals surface area contributed by atoms with Crippen LogP contribution in [0.5, 0.6) is 0 Å². The molecule has 6 heteroatoms. The van der Waals surface area contributed by atoms with Gasteiger partial charge in [-0.2, -0.15) is 13.2 Å². The van der Waals surface area contributed by atoms with Crippen LogP contribution in [0.1, 0.15) is 22.3 Å². The molecule has 0 saturated carbocycles. The van der Waals surface area contributed by atoms with Gasteiger partial charge in [0.05, 0.1) is 5.56 Å². The molecule has 122 valence electrons. The van der Waals surface area contributed by atoms with E-state index in [1.165, 1.54) is 11.1 Å². The minimum Gasteiger partial charge on any atom is -0.398 e. The largest absolute Gasteiger partial charge is 0.416 e. The molecule has 2 aromatic carbocycles. The van der Waals surface area contributed by atoms with Crippen molar-refractivity contribution in [2.75, 3.05) is 12.3 Å². The van der Waals surface area contributed by atoms with Crippen LogP contribution in [0.3, 0.4) is 0 Å². The Hall–Kier alpha value is -1.53. The smallest absolute Gasteiger partial charge is 0.398 e. The molecule has 1 aliphatic heterocycles. The molecule has 2 N–H and O–H groups in total. The molecule has 23 heavy (non-hydrogen) atoms. The van der Waals surface area contributed by atoms with Crippen molar-refractivity contribution >= 4 is 21.6 Å². The number of anilines is 1. The monoisotopic (exact) mass is 384 g/mol. The van der Waals surface area contributed by atoms with Crippen molar-refractivity contribution in [2.24, 2.45) is 0 Å². The lowest BCUT2D eigenvalue weighted by atomic mass is 9.97. The van der Waals surface area contributed by atoms with Crippen LogP contribution < -0.4 is 5.73 Å². The number of rotatable bonds is 2. The molecule has 0 saturated heterocycles. The number of nitrogens with two attached hydrogens (primary N) is 1. The van der Waals surface area contributed by atoms with Crippen molar-refractivity contribution in [3.8, 4) is 0 Å². The molecular weight excluding hydrogens is 369 g/mol. The predicted molar refractivity (Wildman–Crippen MR) is 87.8 cm³/mol. The molecule has 0 atom stereocenters. The molecule has 0 bridgehead atoms. The summed E-state index contributed by atoms with van der Waals surface area (Å²) in [6.07, 6.45) is -3.44. The number of hydrogen-bond acceptors (Lipinski definition) is 2. The number of hydrogen-bond donors (Lipinski definition) is 1. The fourth-order valence-corrected chi connectivity index (χ4v) is 3.41. The second-order valence-electron chi connectivity index (χ2n) is 5.75. The molecule has 1 aliphatic rings. The van der Waals surface area contributed by atoms with Crippen LogP contribution in [-0.4, -0.2) is 11.4 Å². The number of nitrogens with zero attached hydrogens (tertiary/aromatic N) is 1. The first-order valence-corrected chi connectivity index (χ1v) is 8.08. The van der Waals surface area contributed by atoms with Gasteiger partial charge in [0.1, 0.15) is 0 Å². The Labute approximate surface area is 141 Å². The number of nitrogen functional groups attached to an aromatic ring is 1. The van der Waals surface area contributed by atoms with Crippen molar-refractivity contribution in [2.45, 2.75) is 25.7 Å². The van der Waals surface area contributed by atoms with E-state index in [4.69, 9.17) is 5.73 Å². The van der Waals surface area contributed by atoms with E-state index in [0.29, 0.717) is 6.54 Å². The van der Waals surface area contributed by atoms with Gasteiger partial charge in [-0.05, 0) is 47.4 Å². The van der Waals surface area contributed by atoms with E-state index in [0.717, 1.165) is 47.4 Å². The highest BCUT2D eigenvalue weighted by atomic mass is 79.9. The number of benzene rings is 2. The second-order valence-corrected chi connectivity index (χ2v) is 6.60. The predicted octanol–water partition coefficient (Wildman–Crippen LogP) is 4.61. The Morgan fingerprint density at radius 1 is 1.04 bits per heavy atom. The average Bonchev–Trinajstić information content (AvgIpc) is 2.51. The topological polar surface area (TPSA) is 29.3 Å². The Morgan fingerprint density at radius 3 is 2.39 bits per heavy atom. The first kappa shape index (κ1) is 16.3. The summed E-state index contributed by atoms with van der Waals surface area (Å²) in [6, 6.07) is 9.21. The third-order valence-corrected chi connectivity index (χ3v) is 4.90. The fourth-order valence-electron chi connectivity index (χ4n) is 2.91. The quantitative estimate of drug-likeness (QED) is 0.766. The maximum Gasteiger partial charge on any atom is 0.416 e. The zero-order valence-corrected chi connectivity index (χ0v) is 13.9. The highest BCUT2D eigenvalue weighted by Crippen LogP contribution is 2.32. The van der Waals surface area contributed by atoms with E-state index < -0.39 is 11.7 Å². The number of halogens is 4. The summed E-state index contributed by atoms with van der Waals surface area (Å²) in [4.78, 5) is 2.22. The molecule has 0 spiro atoms. The molecule has 0 amide bonds. The lowest BCUT2D eigenvalue weighted by Gasteiger charge is -2.30. The van der Waals surface area contributed by atoms with E-state index in [1.807, 2.05) is 12.1 Å². The van der Waals surface area contributed by atoms with Crippen molar-refractivity contribution in [1.29, 1.82) is 0 Å². The Morgan fingerprint density at radius 2 is 1.74 bits per heavy atom. The zero-order valence-electron chi connectivity index (χ0n) is 12.3. The van der Waals surface area contributed by atoms with Crippen LogP contribution in [-0.2, 0) is 25.7 Å². The van der Waals surface area contributed by atoms with Gasteiger partial charge in [-0.15, -0.1) is 0 Å². The SMILES string of the molecule is Nc1ccc(Br)c2c1CCN(Cc1ccc(C(F)(F)F)cc1)C2. The Balaban J connectivity index is 1.74. The molecule has 0 radical (unpaired) electrons. The summed E-state index contributed by atoms with van der Waals surface area (Å²) in [7, 11) is 0. The summed E-state index contributed by atoms with van der Waals surface area (Å²) in [5, 5.41) is 0. The lowest BCUT2D eigenvalue weighted by molar-refractivity contribution is -0.137. The summed E-state index contributed by atoms with van der Waals surface area (Å²) < 4.78 is 38.8. The molecular formula is C17H16BrF3N2. The van der Waals surface area contributed by atoms with Crippen molar-refractivity contribution in [3.05, 3.63) is 63.1 Å². The average molecular weight is 385 g/mol. The third-order valence-electron chi connectivity index (χ3n) is 4.16. The fraction of sp³-hybridized carbons (Fsp3) is 0.294. The van der Waals surface area contributed by atoms with Crippen LogP contribution >= 0.6 is 15.9 Å². The summed E-state index contributed by atoms with van der Waals surface area (Å²) in [5.41, 5.74) is 9.43. The van der Waals surface area contributed by atoms with E-state index in [9.17, 15) is 13.2 Å². The van der Waals surface area contributed by atoms with Crippen molar-refractivity contribution in [1.82, 2.24) is 4.90 Å². The van der Waals surface area contributed by atoms with Gasteiger partial charge in [-0.3, -0.25) is 4.90 Å². The van der Waals surface area contributed by atoms with Gasteiger partial charge >= 0.3 is 6.18 Å². The Kier molecular flexibility index (Phi) is 4.38. The molecule has 2 aromatic rings. The highest BCUT2D eigenvalue weighted by molar-refractivity contribution is 9.10. The molecule has 1 heterocycles. The lowest BCUT2D eigenvalue weighted by Crippen LogP contribution is -2.30. The van der Waals surface area contributed by atoms with E-state index in [2.05, 4.69) is 20.8 Å². The van der Waals surface area contributed by atoms with Crippen LogP contribution in [0.15, 0.2) is 40.9 Å². The van der Waals surface area contributed by atoms with Gasteiger partial charge in [-0.1, -0.05) is 28.1 Å². The van der Waals surface area contributed by atoms with Crippen LogP contribution in [0.4, 0.5) is 18.9 Å². The van der Waals surface area contributed by atoms with Crippen LogP contribution in [0.25, 0.3) is 0 Å². The zero-order chi connectivity index (χ0) is 16.6. The number of alkyl halides is 3. The van der Waals surface area contributed by atoms with Gasteiger partial charge in [0.2, 0.25) is 0 Å². The summed E-state index contributed by atoms with van der Waals surface area (Å²) >= 11 is 3.55. The minimum atomic E-state index is -4.29. The van der Waals surface area contributed by atoms with Crippen molar-refractivity contribution in [3.63, 3.8) is 0 Å². The van der Waals surface area contributed by atoms with Gasteiger partial charge in [0.15, 0.2) is 0 Å². The van der Waals surface area contributed by atoms with E-state index in [-0.39, 0.29) is 0 Å². The van der Waals surface area contributed by atoms with Gasteiger partial charge in [-0.25, -0.2) is 0 Å². The van der Waals surface area contributed by atoms with Crippen molar-refractivity contribution < 1.29 is 13.2 Å². The maximum atomic E-state index is 12.6. The second kappa shape index (κ2) is 6.17. The summed E-state index contributed by atoms with van der Waals surface area (Å²) in [5.74, 6) is 0. The Bertz CT molecular complexity index is 711. The molecule has 0 aliphatic carbocycles. The summed E-state index contributed by atoms with van der Waals surface area (Å²) in [6.45, 7) is 2.20. The number of fused-ring (bicyclic) bond motifs is 1. The van der Waals surface area contributed by atoms with E-state index >= 15 is 0 Å². The minimum absolute atomic E-state index is 0.610. The normalized spacial score (nSPS) is 15.5. The van der Waals surface area contributed by atoms with Gasteiger partial charge < -0.3 is 5.73 Å². The molecule has 0 unspecified atom stereocenters. The molecule has 0 aromatic heterocycles. The first-order valence-electron chi connectivity index (χ1n) is 7.29. The standard InChI is InChI=1S/C17H16BrF3N2/c18-15-5-6-16(22)13-7-8-23(10-14(13)15)9-11-1-3-12(4-2-11)17(19,20)21/h1-6H,7-10,22H2. The van der Waals surface area contributed by atoms with Crippen LogP contribution in [0, 0.1) is 0 Å². The molecule has 3 rings (SSSR count). The van der Waals surface area contributed by atoms with Gasteiger partial charge in [0, 0.05) is 29.8 Å². The highest BCUT2D eigenvalue weighted by Gasteiger charge is 2.30. The van der Waals surface area contributed by atoms with E-state index in [1.54, 1.807) is 12.1 Å². The first-order chi connectivity index (χ1) is 10.8. The third kappa shape index (κ3) is 3.53. The maximum absolute atomic E-state index is 12.6.